The third kappa shape index (κ3) is 3.14. The van der Waals surface area contributed by atoms with Crippen LogP contribution in [0.1, 0.15) is 30.5 Å². The lowest BCUT2D eigenvalue weighted by atomic mass is 10.1. The van der Waals surface area contributed by atoms with E-state index in [2.05, 4.69) is 17.6 Å². The number of ether oxygens (including phenoxy) is 1. The fourth-order valence-electron chi connectivity index (χ4n) is 1.99. The highest BCUT2D eigenvalue weighted by Crippen LogP contribution is 2.37. The van der Waals surface area contributed by atoms with Gasteiger partial charge in [-0.05, 0) is 45.5 Å². The molecule has 0 saturated heterocycles. The first kappa shape index (κ1) is 15.3. The lowest BCUT2D eigenvalue weighted by Gasteiger charge is -2.12. The number of nitrogens with one attached hydrogen (secondary N) is 1. The van der Waals surface area contributed by atoms with Crippen molar-refractivity contribution in [2.45, 2.75) is 26.8 Å². The van der Waals surface area contributed by atoms with Gasteiger partial charge < -0.3 is 10.1 Å². The van der Waals surface area contributed by atoms with Crippen molar-refractivity contribution in [3.63, 3.8) is 0 Å². The van der Waals surface area contributed by atoms with Crippen molar-refractivity contribution in [3.8, 4) is 17.0 Å². The molecular weight excluding hydrogens is 292 g/mol. The summed E-state index contributed by atoms with van der Waals surface area (Å²) in [6.07, 6.45) is 0. The van der Waals surface area contributed by atoms with Crippen molar-refractivity contribution < 1.29 is 4.74 Å². The summed E-state index contributed by atoms with van der Waals surface area (Å²) in [7, 11) is 1.93. The number of benzene rings is 1. The van der Waals surface area contributed by atoms with E-state index in [4.69, 9.17) is 21.3 Å². The minimum atomic E-state index is 0.240. The van der Waals surface area contributed by atoms with E-state index in [0.29, 0.717) is 11.6 Å². The van der Waals surface area contributed by atoms with Gasteiger partial charge >= 0.3 is 0 Å². The summed E-state index contributed by atoms with van der Waals surface area (Å²) in [5.41, 5.74) is 2.91. The van der Waals surface area contributed by atoms with Crippen molar-refractivity contribution in [2.75, 3.05) is 13.7 Å². The minimum Gasteiger partial charge on any atom is -0.493 e. The first-order chi connectivity index (χ1) is 9.56. The monoisotopic (exact) mass is 310 g/mol. The van der Waals surface area contributed by atoms with Crippen LogP contribution in [0.3, 0.4) is 0 Å². The van der Waals surface area contributed by atoms with Crippen LogP contribution in [-0.2, 0) is 0 Å². The van der Waals surface area contributed by atoms with Crippen molar-refractivity contribution in [3.05, 3.63) is 33.1 Å². The van der Waals surface area contributed by atoms with Gasteiger partial charge in [-0.2, -0.15) is 0 Å². The first-order valence-electron chi connectivity index (χ1n) is 6.62. The summed E-state index contributed by atoms with van der Waals surface area (Å²) >= 11 is 7.82. The van der Waals surface area contributed by atoms with E-state index in [0.717, 1.165) is 27.6 Å². The van der Waals surface area contributed by atoms with Gasteiger partial charge in [0.15, 0.2) is 0 Å². The number of rotatable bonds is 5. The fraction of sp³-hybridized carbons (Fsp3) is 0.400. The minimum absolute atomic E-state index is 0.240. The molecule has 20 heavy (non-hydrogen) atoms. The van der Waals surface area contributed by atoms with Crippen molar-refractivity contribution in [1.29, 1.82) is 0 Å². The molecule has 0 amide bonds. The van der Waals surface area contributed by atoms with E-state index in [1.807, 2.05) is 33.0 Å². The van der Waals surface area contributed by atoms with Gasteiger partial charge in [0.25, 0.3) is 0 Å². The van der Waals surface area contributed by atoms with Crippen LogP contribution in [0.5, 0.6) is 5.75 Å². The van der Waals surface area contributed by atoms with Crippen molar-refractivity contribution >= 4 is 22.9 Å². The number of aryl methyl sites for hydroxylation is 1. The molecule has 0 spiro atoms. The first-order valence-corrected chi connectivity index (χ1v) is 7.88. The lowest BCUT2D eigenvalue weighted by molar-refractivity contribution is 0.339. The molecule has 1 unspecified atom stereocenters. The Hall–Kier alpha value is -1.10. The van der Waals surface area contributed by atoms with Crippen molar-refractivity contribution in [1.82, 2.24) is 10.3 Å². The molecule has 0 radical (unpaired) electrons. The van der Waals surface area contributed by atoms with E-state index in [-0.39, 0.29) is 6.04 Å². The van der Waals surface area contributed by atoms with Gasteiger partial charge in [-0.25, -0.2) is 4.98 Å². The molecule has 1 heterocycles. The third-order valence-electron chi connectivity index (χ3n) is 3.13. The molecule has 0 aliphatic carbocycles. The van der Waals surface area contributed by atoms with E-state index < -0.39 is 0 Å². The van der Waals surface area contributed by atoms with Gasteiger partial charge in [0.2, 0.25) is 0 Å². The zero-order valence-electron chi connectivity index (χ0n) is 12.2. The number of aromatic nitrogens is 1. The molecule has 0 aliphatic rings. The van der Waals surface area contributed by atoms with Crippen LogP contribution in [0, 0.1) is 6.92 Å². The van der Waals surface area contributed by atoms with Crippen LogP contribution < -0.4 is 10.1 Å². The van der Waals surface area contributed by atoms with Crippen LogP contribution in [0.4, 0.5) is 0 Å². The molecule has 1 N–H and O–H groups in total. The second-order valence-electron chi connectivity index (χ2n) is 4.61. The maximum Gasteiger partial charge on any atom is 0.131 e. The predicted molar refractivity (Wildman–Crippen MR) is 85.9 cm³/mol. The lowest BCUT2D eigenvalue weighted by Crippen LogP contribution is -2.11. The molecule has 108 valence electrons. The molecule has 5 heteroatoms. The van der Waals surface area contributed by atoms with E-state index in [1.165, 1.54) is 0 Å². The number of nitrogens with zero attached hydrogens (tertiary/aromatic N) is 1. The van der Waals surface area contributed by atoms with E-state index in [9.17, 15) is 0 Å². The summed E-state index contributed by atoms with van der Waals surface area (Å²) in [5.74, 6) is 0.867. The van der Waals surface area contributed by atoms with E-state index in [1.54, 1.807) is 11.3 Å². The van der Waals surface area contributed by atoms with Crippen LogP contribution >= 0.6 is 22.9 Å². The van der Waals surface area contributed by atoms with Gasteiger partial charge in [-0.1, -0.05) is 11.6 Å². The third-order valence-corrected chi connectivity index (χ3v) is 4.38. The highest BCUT2D eigenvalue weighted by Gasteiger charge is 2.15. The molecule has 0 bridgehead atoms. The van der Waals surface area contributed by atoms with Gasteiger partial charge in [0.1, 0.15) is 10.8 Å². The number of halogens is 1. The molecule has 0 fully saturated rings. The quantitative estimate of drug-likeness (QED) is 0.886. The largest absolute Gasteiger partial charge is 0.493 e. The molecule has 1 aromatic carbocycles. The van der Waals surface area contributed by atoms with Crippen LogP contribution in [0.2, 0.25) is 5.02 Å². The molecule has 1 aromatic heterocycles. The van der Waals surface area contributed by atoms with Gasteiger partial charge in [0, 0.05) is 16.0 Å². The standard InChI is InChI=1S/C15H19ClN2OS/c1-5-19-14-9(2)6-11(16)7-12(14)13-8-20-15(18-13)10(3)17-4/h6-8,10,17H,5H2,1-4H3. The number of hydrogen-bond acceptors (Lipinski definition) is 4. The molecule has 1 atom stereocenters. The van der Waals surface area contributed by atoms with Gasteiger partial charge in [-0.15, -0.1) is 11.3 Å². The average Bonchev–Trinajstić information content (AvgIpc) is 2.90. The average molecular weight is 311 g/mol. The zero-order valence-corrected chi connectivity index (χ0v) is 13.7. The van der Waals surface area contributed by atoms with Crippen LogP contribution in [-0.4, -0.2) is 18.6 Å². The summed E-state index contributed by atoms with van der Waals surface area (Å²) in [6, 6.07) is 4.08. The Morgan fingerprint density at radius 3 is 2.85 bits per heavy atom. The molecule has 3 nitrogen and oxygen atoms in total. The second kappa shape index (κ2) is 6.57. The molecular formula is C15H19ClN2OS. The Balaban J connectivity index is 2.48. The normalized spacial score (nSPS) is 12.4. The Morgan fingerprint density at radius 2 is 2.20 bits per heavy atom. The Bertz CT molecular complexity index is 598. The fourth-order valence-corrected chi connectivity index (χ4v) is 3.15. The summed E-state index contributed by atoms with van der Waals surface area (Å²) < 4.78 is 5.76. The van der Waals surface area contributed by atoms with Crippen molar-refractivity contribution in [2.24, 2.45) is 0 Å². The summed E-state index contributed by atoms with van der Waals surface area (Å²) in [4.78, 5) is 4.69. The maximum atomic E-state index is 6.18. The predicted octanol–water partition coefficient (Wildman–Crippen LogP) is 4.45. The van der Waals surface area contributed by atoms with Crippen LogP contribution in [0.25, 0.3) is 11.3 Å². The maximum absolute atomic E-state index is 6.18. The topological polar surface area (TPSA) is 34.1 Å². The molecule has 2 rings (SSSR count). The molecule has 2 aromatic rings. The van der Waals surface area contributed by atoms with Crippen LogP contribution in [0.15, 0.2) is 17.5 Å². The second-order valence-corrected chi connectivity index (χ2v) is 5.94. The smallest absolute Gasteiger partial charge is 0.131 e. The Morgan fingerprint density at radius 1 is 1.45 bits per heavy atom. The molecule has 0 aliphatic heterocycles. The van der Waals surface area contributed by atoms with Gasteiger partial charge in [-0.3, -0.25) is 0 Å². The summed E-state index contributed by atoms with van der Waals surface area (Å²) in [5, 5.41) is 7.02. The Labute approximate surface area is 129 Å². The Kier molecular flexibility index (Phi) is 5.02. The zero-order chi connectivity index (χ0) is 14.7. The SMILES string of the molecule is CCOc1c(C)cc(Cl)cc1-c1csc(C(C)NC)n1. The number of thiazole rings is 1. The highest BCUT2D eigenvalue weighted by molar-refractivity contribution is 7.10. The van der Waals surface area contributed by atoms with Gasteiger partial charge in [0.05, 0.1) is 18.3 Å². The molecule has 0 saturated carbocycles. The highest BCUT2D eigenvalue weighted by atomic mass is 35.5. The summed E-state index contributed by atoms with van der Waals surface area (Å²) in [6.45, 7) is 6.70. The van der Waals surface area contributed by atoms with E-state index >= 15 is 0 Å². The number of hydrogen-bond donors (Lipinski definition) is 1.